The zero-order chi connectivity index (χ0) is 38.5. The molecule has 58 heavy (non-hydrogen) atoms. The second-order valence-electron chi connectivity index (χ2n) is 14.8. The zero-order valence-corrected chi connectivity index (χ0v) is 33.6. The molecule has 9 aromatic carbocycles. The molecule has 0 unspecified atom stereocenters. The molecular formula is C54H38N2SSi. The average molecular weight is 775 g/mol. The molecule has 0 N–H and O–H groups in total. The predicted molar refractivity (Wildman–Crippen MR) is 252 cm³/mol. The van der Waals surface area contributed by atoms with Crippen molar-refractivity contribution in [1.82, 2.24) is 4.57 Å². The van der Waals surface area contributed by atoms with E-state index in [2.05, 4.69) is 240 Å². The van der Waals surface area contributed by atoms with E-state index in [0.29, 0.717) is 0 Å². The van der Waals surface area contributed by atoms with Crippen LogP contribution < -0.4 is 25.6 Å². The lowest BCUT2D eigenvalue weighted by molar-refractivity contribution is 1.18. The first-order valence-corrected chi connectivity index (χ1v) is 22.7. The molecule has 0 aliphatic carbocycles. The number of hydrogen-bond donors (Lipinski definition) is 0. The number of fused-ring (bicyclic) bond motifs is 6. The number of thiophene rings is 1. The number of benzene rings is 9. The van der Waals surface area contributed by atoms with Crippen molar-refractivity contribution in [3.63, 3.8) is 0 Å². The first kappa shape index (κ1) is 34.3. The van der Waals surface area contributed by atoms with E-state index in [1.165, 1.54) is 68.4 Å². The summed E-state index contributed by atoms with van der Waals surface area (Å²) in [7, 11) is -2.72. The number of para-hydroxylation sites is 2. The molecule has 0 saturated carbocycles. The molecule has 0 aliphatic rings. The maximum absolute atomic E-state index is 2.72. The number of anilines is 3. The zero-order valence-electron chi connectivity index (χ0n) is 31.7. The lowest BCUT2D eigenvalue weighted by Crippen LogP contribution is -2.74. The van der Waals surface area contributed by atoms with Gasteiger partial charge in [0.2, 0.25) is 0 Å². The molecule has 0 atom stereocenters. The molecule has 0 aliphatic heterocycles. The first-order chi connectivity index (χ1) is 28.8. The summed E-state index contributed by atoms with van der Waals surface area (Å²) in [5, 5.41) is 10.5. The van der Waals surface area contributed by atoms with Crippen molar-refractivity contribution in [1.29, 1.82) is 0 Å². The van der Waals surface area contributed by atoms with Gasteiger partial charge in [0.25, 0.3) is 0 Å². The Kier molecular flexibility index (Phi) is 8.39. The molecule has 2 heterocycles. The number of hydrogen-bond acceptors (Lipinski definition) is 2. The average Bonchev–Trinajstić information content (AvgIpc) is 3.86. The van der Waals surface area contributed by atoms with Crippen LogP contribution in [0.15, 0.2) is 231 Å². The second-order valence-corrected chi connectivity index (χ2v) is 19.7. The van der Waals surface area contributed by atoms with Crippen molar-refractivity contribution in [2.75, 3.05) is 4.90 Å². The fourth-order valence-corrected chi connectivity index (χ4v) is 15.2. The van der Waals surface area contributed by atoms with Crippen LogP contribution in [-0.2, 0) is 0 Å². The van der Waals surface area contributed by atoms with Gasteiger partial charge in [-0.3, -0.25) is 0 Å². The molecule has 2 nitrogen and oxygen atoms in total. The Morgan fingerprint density at radius 3 is 1.50 bits per heavy atom. The highest BCUT2D eigenvalue weighted by Crippen LogP contribution is 2.48. The molecule has 0 amide bonds. The van der Waals surface area contributed by atoms with Gasteiger partial charge in [0.05, 0.1) is 27.1 Å². The van der Waals surface area contributed by atoms with Crippen LogP contribution in [0, 0.1) is 0 Å². The van der Waals surface area contributed by atoms with Gasteiger partial charge in [0.1, 0.15) is 0 Å². The van der Waals surface area contributed by atoms with Crippen molar-refractivity contribution in [3.05, 3.63) is 231 Å². The van der Waals surface area contributed by atoms with Gasteiger partial charge in [-0.2, -0.15) is 0 Å². The van der Waals surface area contributed by atoms with Crippen LogP contribution in [0.1, 0.15) is 0 Å². The van der Waals surface area contributed by atoms with Gasteiger partial charge in [-0.25, -0.2) is 0 Å². The van der Waals surface area contributed by atoms with E-state index in [9.17, 15) is 0 Å². The van der Waals surface area contributed by atoms with Gasteiger partial charge in [0.15, 0.2) is 8.07 Å². The van der Waals surface area contributed by atoms with Crippen LogP contribution in [-0.4, -0.2) is 12.6 Å². The van der Waals surface area contributed by atoms with E-state index in [1.807, 2.05) is 11.3 Å². The molecule has 274 valence electrons. The monoisotopic (exact) mass is 774 g/mol. The Bertz CT molecular complexity index is 3110. The van der Waals surface area contributed by atoms with Crippen LogP contribution in [0.3, 0.4) is 0 Å². The summed E-state index contributed by atoms with van der Waals surface area (Å²) >= 11 is 1.88. The predicted octanol–water partition coefficient (Wildman–Crippen LogP) is 12.0. The standard InChI is InChI=1S/C54H38N2SSi/c1-5-19-39(20-6-1)55-48-30-15-13-28-47(48)53-49(55)31-18-32-50(53)56(51-33-17-29-46-45-27-14-16-34-52(45)57-54(46)51)40-35-37-44(38-36-40)58(41-21-7-2-8-22-41,42-23-9-3-10-24-42)43-25-11-4-12-26-43/h1-38H. The summed E-state index contributed by atoms with van der Waals surface area (Å²) in [6.45, 7) is 0. The van der Waals surface area contributed by atoms with Crippen LogP contribution in [0.5, 0.6) is 0 Å². The van der Waals surface area contributed by atoms with Crippen molar-refractivity contribution in [3.8, 4) is 5.69 Å². The van der Waals surface area contributed by atoms with E-state index in [1.54, 1.807) is 0 Å². The largest absolute Gasteiger partial charge is 0.309 e. The Balaban J connectivity index is 1.20. The van der Waals surface area contributed by atoms with E-state index >= 15 is 0 Å². The second kappa shape index (κ2) is 14.2. The van der Waals surface area contributed by atoms with Crippen LogP contribution in [0.4, 0.5) is 17.1 Å². The highest BCUT2D eigenvalue weighted by molar-refractivity contribution is 7.26. The van der Waals surface area contributed by atoms with Crippen molar-refractivity contribution in [2.24, 2.45) is 0 Å². The Morgan fingerprint density at radius 2 is 0.845 bits per heavy atom. The molecule has 11 rings (SSSR count). The molecule has 0 saturated heterocycles. The summed E-state index contributed by atoms with van der Waals surface area (Å²) in [6, 6.07) is 85.1. The maximum Gasteiger partial charge on any atom is 0.179 e. The van der Waals surface area contributed by atoms with Gasteiger partial charge in [-0.15, -0.1) is 11.3 Å². The maximum atomic E-state index is 2.52. The normalized spacial score (nSPS) is 11.8. The smallest absolute Gasteiger partial charge is 0.179 e. The lowest BCUT2D eigenvalue weighted by atomic mass is 10.1. The fraction of sp³-hybridized carbons (Fsp3) is 0. The third-order valence-corrected chi connectivity index (χ3v) is 17.7. The third-order valence-electron chi connectivity index (χ3n) is 11.7. The quantitative estimate of drug-likeness (QED) is 0.110. The minimum atomic E-state index is -2.72. The van der Waals surface area contributed by atoms with Gasteiger partial charge in [0, 0.05) is 37.6 Å². The molecule has 0 radical (unpaired) electrons. The molecule has 11 aromatic rings. The van der Waals surface area contributed by atoms with E-state index in [-0.39, 0.29) is 0 Å². The van der Waals surface area contributed by atoms with Gasteiger partial charge < -0.3 is 9.47 Å². The van der Waals surface area contributed by atoms with E-state index < -0.39 is 8.07 Å². The fourth-order valence-electron chi connectivity index (χ4n) is 9.28. The number of aromatic nitrogens is 1. The van der Waals surface area contributed by atoms with E-state index in [4.69, 9.17) is 0 Å². The molecule has 4 heteroatoms. The molecule has 0 bridgehead atoms. The molecule has 0 fully saturated rings. The highest BCUT2D eigenvalue weighted by atomic mass is 32.1. The molecule has 0 spiro atoms. The number of nitrogens with zero attached hydrogens (tertiary/aromatic N) is 2. The number of rotatable bonds is 8. The van der Waals surface area contributed by atoms with Crippen molar-refractivity contribution >= 4 is 99.2 Å². The minimum absolute atomic E-state index is 1.12. The Labute approximate surface area is 343 Å². The summed E-state index contributed by atoms with van der Waals surface area (Å²) < 4.78 is 4.98. The lowest BCUT2D eigenvalue weighted by Gasteiger charge is -2.35. The summed E-state index contributed by atoms with van der Waals surface area (Å²) in [5.74, 6) is 0. The van der Waals surface area contributed by atoms with Gasteiger partial charge in [-0.05, 0) is 75.3 Å². The summed E-state index contributed by atoms with van der Waals surface area (Å²) in [6.07, 6.45) is 0. The van der Waals surface area contributed by atoms with Crippen molar-refractivity contribution in [2.45, 2.75) is 0 Å². The Morgan fingerprint density at radius 1 is 0.362 bits per heavy atom. The topological polar surface area (TPSA) is 8.17 Å². The minimum Gasteiger partial charge on any atom is -0.309 e. The van der Waals surface area contributed by atoms with Crippen LogP contribution >= 0.6 is 11.3 Å². The van der Waals surface area contributed by atoms with Gasteiger partial charge in [-0.1, -0.05) is 176 Å². The van der Waals surface area contributed by atoms with Crippen molar-refractivity contribution < 1.29 is 0 Å². The summed E-state index contributed by atoms with van der Waals surface area (Å²) in [5.41, 5.74) is 6.97. The van der Waals surface area contributed by atoms with Crippen LogP contribution in [0.2, 0.25) is 0 Å². The van der Waals surface area contributed by atoms with Gasteiger partial charge >= 0.3 is 0 Å². The van der Waals surface area contributed by atoms with Crippen LogP contribution in [0.25, 0.3) is 47.7 Å². The molecular weight excluding hydrogens is 737 g/mol. The van der Waals surface area contributed by atoms with E-state index in [0.717, 1.165) is 17.1 Å². The first-order valence-electron chi connectivity index (χ1n) is 19.9. The Hall–Kier alpha value is -6.98. The third kappa shape index (κ3) is 5.37. The summed E-state index contributed by atoms with van der Waals surface area (Å²) in [4.78, 5) is 2.52. The molecule has 2 aromatic heterocycles. The SMILES string of the molecule is c1ccc(-n2c3ccccc3c3c(N(c4ccc([Si](c5ccccc5)(c5ccccc5)c5ccccc5)cc4)c4cccc5c4sc4ccccc45)cccc32)cc1. The highest BCUT2D eigenvalue weighted by Gasteiger charge is 2.41.